The van der Waals surface area contributed by atoms with Crippen LogP contribution in [0.3, 0.4) is 0 Å². The first-order valence-corrected chi connectivity index (χ1v) is 11.1. The Morgan fingerprint density at radius 3 is 2.77 bits per heavy atom. The topological polar surface area (TPSA) is 54.9 Å². The zero-order valence-corrected chi connectivity index (χ0v) is 19.5. The van der Waals surface area contributed by atoms with Gasteiger partial charge in [-0.25, -0.2) is 4.98 Å². The zero-order valence-electron chi connectivity index (χ0n) is 17.9. The zero-order chi connectivity index (χ0) is 20.9. The van der Waals surface area contributed by atoms with Gasteiger partial charge in [0.1, 0.15) is 5.75 Å². The Balaban J connectivity index is 0.00000272. The minimum atomic E-state index is -0.00769. The lowest BCUT2D eigenvalue weighted by Gasteiger charge is -2.27. The van der Waals surface area contributed by atoms with Crippen molar-refractivity contribution in [2.24, 2.45) is 0 Å². The van der Waals surface area contributed by atoms with Gasteiger partial charge >= 0.3 is 0 Å². The van der Waals surface area contributed by atoms with E-state index in [9.17, 15) is 4.79 Å². The van der Waals surface area contributed by atoms with Gasteiger partial charge in [0.2, 0.25) is 0 Å². The van der Waals surface area contributed by atoms with E-state index in [4.69, 9.17) is 14.5 Å². The molecule has 0 unspecified atom stereocenters. The van der Waals surface area contributed by atoms with Crippen molar-refractivity contribution in [2.75, 3.05) is 51.4 Å². The van der Waals surface area contributed by atoms with Crippen LogP contribution in [0.25, 0.3) is 10.2 Å². The SMILES string of the molecule is COc1ccc2nc(N(CCCN3CCOCC3)C(=O)c3cccc(C)c3)sc2c1.Cl. The van der Waals surface area contributed by atoms with Gasteiger partial charge in [0.15, 0.2) is 5.13 Å². The molecule has 2 heterocycles. The van der Waals surface area contributed by atoms with E-state index in [-0.39, 0.29) is 18.3 Å². The molecule has 0 spiro atoms. The molecule has 0 aliphatic carbocycles. The highest BCUT2D eigenvalue weighted by Crippen LogP contribution is 2.32. The fourth-order valence-electron chi connectivity index (χ4n) is 3.63. The molecule has 1 aliphatic heterocycles. The second-order valence-corrected chi connectivity index (χ2v) is 8.47. The van der Waals surface area contributed by atoms with Gasteiger partial charge in [-0.1, -0.05) is 29.0 Å². The number of fused-ring (bicyclic) bond motifs is 1. The molecule has 2 aromatic carbocycles. The van der Waals surface area contributed by atoms with Gasteiger partial charge in [-0.15, -0.1) is 12.4 Å². The number of nitrogens with zero attached hydrogens (tertiary/aromatic N) is 3. The quantitative estimate of drug-likeness (QED) is 0.521. The summed E-state index contributed by atoms with van der Waals surface area (Å²) in [5.74, 6) is 0.785. The summed E-state index contributed by atoms with van der Waals surface area (Å²) in [7, 11) is 1.66. The maximum Gasteiger partial charge on any atom is 0.260 e. The van der Waals surface area contributed by atoms with Gasteiger partial charge in [0.05, 0.1) is 30.5 Å². The molecule has 0 N–H and O–H groups in total. The first-order valence-electron chi connectivity index (χ1n) is 10.3. The number of amides is 1. The number of aromatic nitrogens is 1. The summed E-state index contributed by atoms with van der Waals surface area (Å²) < 4.78 is 11.8. The Kier molecular flexibility index (Phi) is 8.26. The number of anilines is 1. The van der Waals surface area contributed by atoms with E-state index in [2.05, 4.69) is 4.90 Å². The van der Waals surface area contributed by atoms with Gasteiger partial charge in [0.25, 0.3) is 5.91 Å². The number of hydrogen-bond donors (Lipinski definition) is 0. The van der Waals surface area contributed by atoms with Crippen LogP contribution in [0.5, 0.6) is 5.75 Å². The summed E-state index contributed by atoms with van der Waals surface area (Å²) in [6, 6.07) is 13.6. The Hall–Kier alpha value is -2.19. The lowest BCUT2D eigenvalue weighted by molar-refractivity contribution is 0.0376. The summed E-state index contributed by atoms with van der Waals surface area (Å²) in [6.07, 6.45) is 0.886. The minimum Gasteiger partial charge on any atom is -0.497 e. The molecule has 1 aliphatic rings. The van der Waals surface area contributed by atoms with Gasteiger partial charge in [-0.05, 0) is 43.7 Å². The Bertz CT molecular complexity index is 1020. The second kappa shape index (κ2) is 10.9. The minimum absolute atomic E-state index is 0. The number of rotatable bonds is 7. The Morgan fingerprint density at radius 1 is 1.23 bits per heavy atom. The number of benzene rings is 2. The molecule has 31 heavy (non-hydrogen) atoms. The number of hydrogen-bond acceptors (Lipinski definition) is 6. The molecule has 3 aromatic rings. The standard InChI is InChI=1S/C23H27N3O3S.ClH/c1-17-5-3-6-18(15-17)22(27)26(10-4-9-25-11-13-29-14-12-25)23-24-20-8-7-19(28-2)16-21(20)30-23;/h3,5-8,15-16H,4,9-14H2,1-2H3;1H. The third kappa shape index (κ3) is 5.74. The average molecular weight is 462 g/mol. The lowest BCUT2D eigenvalue weighted by Crippen LogP contribution is -2.39. The fraction of sp³-hybridized carbons (Fsp3) is 0.391. The predicted molar refractivity (Wildman–Crippen MR) is 128 cm³/mol. The summed E-state index contributed by atoms with van der Waals surface area (Å²) in [5, 5.41) is 0.728. The maximum absolute atomic E-state index is 13.4. The van der Waals surface area contributed by atoms with Crippen LogP contribution in [-0.2, 0) is 4.74 Å². The molecule has 0 radical (unpaired) electrons. The number of aryl methyl sites for hydroxylation is 1. The third-order valence-electron chi connectivity index (χ3n) is 5.29. The largest absolute Gasteiger partial charge is 0.497 e. The maximum atomic E-state index is 13.4. The first-order chi connectivity index (χ1) is 14.6. The van der Waals surface area contributed by atoms with E-state index in [0.29, 0.717) is 12.1 Å². The van der Waals surface area contributed by atoms with Crippen molar-refractivity contribution in [3.05, 3.63) is 53.6 Å². The summed E-state index contributed by atoms with van der Waals surface area (Å²) in [4.78, 5) is 22.4. The van der Waals surface area contributed by atoms with Crippen LogP contribution in [0.4, 0.5) is 5.13 Å². The van der Waals surface area contributed by atoms with Gasteiger partial charge in [-0.3, -0.25) is 14.6 Å². The molecule has 8 heteroatoms. The molecule has 4 rings (SSSR count). The van der Waals surface area contributed by atoms with Crippen LogP contribution in [0.15, 0.2) is 42.5 Å². The number of halogens is 1. The van der Waals surface area contributed by atoms with Crippen molar-refractivity contribution in [1.29, 1.82) is 0 Å². The van der Waals surface area contributed by atoms with Crippen molar-refractivity contribution in [3.8, 4) is 5.75 Å². The van der Waals surface area contributed by atoms with E-state index in [0.717, 1.165) is 65.9 Å². The number of carbonyl (C=O) groups is 1. The molecule has 0 bridgehead atoms. The Morgan fingerprint density at radius 2 is 2.03 bits per heavy atom. The monoisotopic (exact) mass is 461 g/mol. The molecule has 1 saturated heterocycles. The fourth-order valence-corrected chi connectivity index (χ4v) is 4.65. The number of ether oxygens (including phenoxy) is 2. The van der Waals surface area contributed by atoms with E-state index in [1.165, 1.54) is 11.3 Å². The van der Waals surface area contributed by atoms with Crippen LogP contribution >= 0.6 is 23.7 Å². The van der Waals surface area contributed by atoms with Crippen LogP contribution < -0.4 is 9.64 Å². The van der Waals surface area contributed by atoms with E-state index >= 15 is 0 Å². The number of carbonyl (C=O) groups excluding carboxylic acids is 1. The highest BCUT2D eigenvalue weighted by molar-refractivity contribution is 7.22. The summed E-state index contributed by atoms with van der Waals surface area (Å²) in [5.41, 5.74) is 2.65. The van der Waals surface area contributed by atoms with Crippen molar-refractivity contribution < 1.29 is 14.3 Å². The normalized spacial score (nSPS) is 14.3. The molecule has 1 fully saturated rings. The lowest BCUT2D eigenvalue weighted by atomic mass is 10.1. The predicted octanol–water partition coefficient (Wildman–Crippen LogP) is 4.40. The highest BCUT2D eigenvalue weighted by atomic mass is 35.5. The van der Waals surface area contributed by atoms with Crippen LogP contribution in [0.2, 0.25) is 0 Å². The molecule has 0 saturated carbocycles. The van der Waals surface area contributed by atoms with Gasteiger partial charge in [0, 0.05) is 31.7 Å². The Labute approximate surface area is 193 Å². The second-order valence-electron chi connectivity index (χ2n) is 7.46. The first kappa shape index (κ1) is 23.5. The van der Waals surface area contributed by atoms with Crippen molar-refractivity contribution in [1.82, 2.24) is 9.88 Å². The van der Waals surface area contributed by atoms with Crippen molar-refractivity contribution in [3.63, 3.8) is 0 Å². The molecule has 1 amide bonds. The molecule has 166 valence electrons. The highest BCUT2D eigenvalue weighted by Gasteiger charge is 2.22. The van der Waals surface area contributed by atoms with E-state index < -0.39 is 0 Å². The van der Waals surface area contributed by atoms with Crippen molar-refractivity contribution in [2.45, 2.75) is 13.3 Å². The number of methoxy groups -OCH3 is 1. The molecule has 6 nitrogen and oxygen atoms in total. The molecule has 0 atom stereocenters. The van der Waals surface area contributed by atoms with Crippen LogP contribution in [-0.4, -0.2) is 62.3 Å². The van der Waals surface area contributed by atoms with E-state index in [1.807, 2.05) is 54.3 Å². The molecular formula is C23H28ClN3O3S. The average Bonchev–Trinajstić information content (AvgIpc) is 3.20. The van der Waals surface area contributed by atoms with E-state index in [1.54, 1.807) is 7.11 Å². The molecular weight excluding hydrogens is 434 g/mol. The summed E-state index contributed by atoms with van der Waals surface area (Å²) in [6.45, 7) is 7.04. The summed E-state index contributed by atoms with van der Waals surface area (Å²) >= 11 is 1.53. The van der Waals surface area contributed by atoms with Gasteiger partial charge < -0.3 is 9.47 Å². The van der Waals surface area contributed by atoms with Crippen LogP contribution in [0, 0.1) is 6.92 Å². The van der Waals surface area contributed by atoms with Crippen molar-refractivity contribution >= 4 is 45.0 Å². The number of thiazole rings is 1. The smallest absolute Gasteiger partial charge is 0.260 e. The number of morpholine rings is 1. The van der Waals surface area contributed by atoms with Gasteiger partial charge in [-0.2, -0.15) is 0 Å². The molecule has 1 aromatic heterocycles. The van der Waals surface area contributed by atoms with Crippen LogP contribution in [0.1, 0.15) is 22.3 Å². The third-order valence-corrected chi connectivity index (χ3v) is 6.33.